The molecule has 0 radical (unpaired) electrons. The third-order valence-electron chi connectivity index (χ3n) is 5.41. The van der Waals surface area contributed by atoms with Crippen molar-refractivity contribution in [2.75, 3.05) is 59.3 Å². The summed E-state index contributed by atoms with van der Waals surface area (Å²) in [4.78, 5) is 27.3. The van der Waals surface area contributed by atoms with Gasteiger partial charge in [-0.15, -0.1) is 0 Å². The molecule has 1 aromatic heterocycles. The van der Waals surface area contributed by atoms with Gasteiger partial charge < -0.3 is 25.3 Å². The van der Waals surface area contributed by atoms with E-state index in [-0.39, 0.29) is 5.91 Å². The molecule has 166 valence electrons. The highest BCUT2D eigenvalue weighted by Crippen LogP contribution is 2.18. The van der Waals surface area contributed by atoms with E-state index < -0.39 is 0 Å². The maximum absolute atomic E-state index is 12.0. The fourth-order valence-electron chi connectivity index (χ4n) is 3.48. The minimum absolute atomic E-state index is 0.00427. The van der Waals surface area contributed by atoms with Crippen LogP contribution in [0, 0.1) is 0 Å². The van der Waals surface area contributed by atoms with E-state index in [1.807, 2.05) is 36.5 Å². The van der Waals surface area contributed by atoms with Crippen molar-refractivity contribution in [1.82, 2.24) is 25.4 Å². The van der Waals surface area contributed by atoms with E-state index in [9.17, 15) is 4.79 Å². The van der Waals surface area contributed by atoms with E-state index in [0.717, 1.165) is 49.1 Å². The number of hydrogen-bond donors (Lipinski definition) is 2. The number of benzene rings is 1. The summed E-state index contributed by atoms with van der Waals surface area (Å²) >= 11 is 0. The minimum Gasteiger partial charge on any atom is -0.354 e. The topological polar surface area (TPSA) is 76.1 Å². The molecule has 3 rings (SSSR count). The normalized spacial score (nSPS) is 15.0. The van der Waals surface area contributed by atoms with Crippen molar-refractivity contribution >= 4 is 17.7 Å². The Labute approximate surface area is 185 Å². The number of likely N-dealkylation sites (N-methyl/N-ethyl adjacent to an activating group) is 1. The number of hydrogen-bond acceptors (Lipinski definition) is 5. The summed E-state index contributed by atoms with van der Waals surface area (Å²) in [5.74, 6) is 1.77. The Morgan fingerprint density at radius 1 is 1.06 bits per heavy atom. The van der Waals surface area contributed by atoms with Crippen LogP contribution in [0.15, 0.2) is 47.6 Å². The van der Waals surface area contributed by atoms with Gasteiger partial charge >= 0.3 is 0 Å². The molecule has 1 saturated heterocycles. The fourth-order valence-corrected chi connectivity index (χ4v) is 3.48. The lowest BCUT2D eigenvalue weighted by molar-refractivity contribution is 0.0827. The Balaban J connectivity index is 1.55. The summed E-state index contributed by atoms with van der Waals surface area (Å²) in [7, 11) is 7.43. The largest absolute Gasteiger partial charge is 0.354 e. The number of guanidine groups is 1. The molecule has 8 nitrogen and oxygen atoms in total. The number of nitrogens with one attached hydrogen (secondary N) is 2. The van der Waals surface area contributed by atoms with Crippen LogP contribution >= 0.6 is 0 Å². The van der Waals surface area contributed by atoms with Gasteiger partial charge in [-0.25, -0.2) is 4.98 Å². The van der Waals surface area contributed by atoms with Gasteiger partial charge in [0.15, 0.2) is 5.96 Å². The second-order valence-corrected chi connectivity index (χ2v) is 7.95. The lowest BCUT2D eigenvalue weighted by Gasteiger charge is -2.34. The van der Waals surface area contributed by atoms with Gasteiger partial charge in [0, 0.05) is 77.7 Å². The second kappa shape index (κ2) is 10.8. The molecule has 0 unspecified atom stereocenters. The SMILES string of the molecule is CN=C(NCc1ccc(C(=O)N(C)C)cc1)NCc1cccnc1N1CCN(C)CC1. The molecule has 8 heteroatoms. The lowest BCUT2D eigenvalue weighted by atomic mass is 10.1. The summed E-state index contributed by atoms with van der Waals surface area (Å²) in [6.45, 7) is 5.33. The van der Waals surface area contributed by atoms with Gasteiger partial charge in [0.2, 0.25) is 0 Å². The molecular formula is C23H33N7O. The highest BCUT2D eigenvalue weighted by atomic mass is 16.2. The third kappa shape index (κ3) is 6.18. The Kier molecular flexibility index (Phi) is 7.83. The predicted molar refractivity (Wildman–Crippen MR) is 125 cm³/mol. The molecule has 0 spiro atoms. The monoisotopic (exact) mass is 423 g/mol. The van der Waals surface area contributed by atoms with Crippen LogP contribution in [0.5, 0.6) is 0 Å². The highest BCUT2D eigenvalue weighted by molar-refractivity contribution is 5.93. The number of amides is 1. The van der Waals surface area contributed by atoms with Crippen molar-refractivity contribution in [3.63, 3.8) is 0 Å². The van der Waals surface area contributed by atoms with Crippen molar-refractivity contribution in [3.8, 4) is 0 Å². The van der Waals surface area contributed by atoms with E-state index in [4.69, 9.17) is 0 Å². The standard InChI is InChI=1S/C23H33N7O/c1-24-23(26-16-18-7-9-19(10-8-18)22(31)28(2)3)27-17-20-6-5-11-25-21(20)30-14-12-29(4)13-15-30/h5-11H,12-17H2,1-4H3,(H2,24,26,27). The third-order valence-corrected chi connectivity index (χ3v) is 5.41. The van der Waals surface area contributed by atoms with Crippen molar-refractivity contribution < 1.29 is 4.79 Å². The number of pyridine rings is 1. The average Bonchev–Trinajstić information content (AvgIpc) is 2.80. The quantitative estimate of drug-likeness (QED) is 0.540. The zero-order chi connectivity index (χ0) is 22.2. The van der Waals surface area contributed by atoms with Gasteiger partial charge in [-0.3, -0.25) is 9.79 Å². The Hall–Kier alpha value is -3.13. The number of carbonyl (C=O) groups excluding carboxylic acids is 1. The van der Waals surface area contributed by atoms with Crippen LogP contribution in [-0.2, 0) is 13.1 Å². The molecular weight excluding hydrogens is 390 g/mol. The number of piperazine rings is 1. The van der Waals surface area contributed by atoms with Crippen LogP contribution < -0.4 is 15.5 Å². The van der Waals surface area contributed by atoms with Crippen LogP contribution in [0.4, 0.5) is 5.82 Å². The molecule has 0 aliphatic carbocycles. The Bertz CT molecular complexity index is 887. The summed E-state index contributed by atoms with van der Waals surface area (Å²) in [5, 5.41) is 6.72. The fraction of sp³-hybridized carbons (Fsp3) is 0.435. The second-order valence-electron chi connectivity index (χ2n) is 7.95. The van der Waals surface area contributed by atoms with E-state index in [0.29, 0.717) is 18.7 Å². The molecule has 0 atom stereocenters. The number of nitrogens with zero attached hydrogens (tertiary/aromatic N) is 5. The van der Waals surface area contributed by atoms with Crippen molar-refractivity contribution in [1.29, 1.82) is 0 Å². The van der Waals surface area contributed by atoms with Gasteiger partial charge in [-0.1, -0.05) is 18.2 Å². The average molecular weight is 424 g/mol. The molecule has 2 aromatic rings. The van der Waals surface area contributed by atoms with Gasteiger partial charge in [0.1, 0.15) is 5.82 Å². The molecule has 1 amide bonds. The van der Waals surface area contributed by atoms with E-state index in [2.05, 4.69) is 43.5 Å². The molecule has 0 bridgehead atoms. The summed E-state index contributed by atoms with van der Waals surface area (Å²) < 4.78 is 0. The first kappa shape index (κ1) is 22.6. The van der Waals surface area contributed by atoms with Crippen LogP contribution in [0.25, 0.3) is 0 Å². The van der Waals surface area contributed by atoms with Gasteiger partial charge in [-0.2, -0.15) is 0 Å². The van der Waals surface area contributed by atoms with Crippen LogP contribution in [0.1, 0.15) is 21.5 Å². The first-order valence-electron chi connectivity index (χ1n) is 10.6. The first-order valence-corrected chi connectivity index (χ1v) is 10.6. The first-order chi connectivity index (χ1) is 15.0. The van der Waals surface area contributed by atoms with Crippen LogP contribution in [-0.4, -0.2) is 81.0 Å². The number of aromatic nitrogens is 1. The molecule has 2 heterocycles. The van der Waals surface area contributed by atoms with Gasteiger partial charge in [0.05, 0.1) is 0 Å². The number of carbonyl (C=O) groups is 1. The van der Waals surface area contributed by atoms with Crippen LogP contribution in [0.3, 0.4) is 0 Å². The van der Waals surface area contributed by atoms with Crippen molar-refractivity contribution in [3.05, 3.63) is 59.3 Å². The zero-order valence-electron chi connectivity index (χ0n) is 18.9. The summed E-state index contributed by atoms with van der Waals surface area (Å²) in [5.41, 5.74) is 2.92. The molecule has 1 aliphatic heterocycles. The van der Waals surface area contributed by atoms with Gasteiger partial charge in [-0.05, 0) is 30.8 Å². The van der Waals surface area contributed by atoms with Crippen molar-refractivity contribution in [2.45, 2.75) is 13.1 Å². The maximum Gasteiger partial charge on any atom is 0.253 e. The molecule has 1 aromatic carbocycles. The summed E-state index contributed by atoms with van der Waals surface area (Å²) in [6.07, 6.45) is 1.86. The number of anilines is 1. The smallest absolute Gasteiger partial charge is 0.253 e. The molecule has 1 fully saturated rings. The number of rotatable bonds is 6. The van der Waals surface area contributed by atoms with Crippen molar-refractivity contribution in [2.24, 2.45) is 4.99 Å². The predicted octanol–water partition coefficient (Wildman–Crippen LogP) is 1.40. The molecule has 31 heavy (non-hydrogen) atoms. The minimum atomic E-state index is 0.00427. The van der Waals surface area contributed by atoms with E-state index in [1.54, 1.807) is 26.0 Å². The zero-order valence-corrected chi connectivity index (χ0v) is 18.9. The summed E-state index contributed by atoms with van der Waals surface area (Å²) in [6, 6.07) is 11.7. The Morgan fingerprint density at radius 3 is 2.39 bits per heavy atom. The molecule has 1 aliphatic rings. The molecule has 0 saturated carbocycles. The van der Waals surface area contributed by atoms with E-state index in [1.165, 1.54) is 0 Å². The number of aliphatic imine (C=N–C) groups is 1. The van der Waals surface area contributed by atoms with E-state index >= 15 is 0 Å². The maximum atomic E-state index is 12.0. The molecule has 2 N–H and O–H groups in total. The highest BCUT2D eigenvalue weighted by Gasteiger charge is 2.18. The van der Waals surface area contributed by atoms with Crippen LogP contribution in [0.2, 0.25) is 0 Å². The lowest BCUT2D eigenvalue weighted by Crippen LogP contribution is -2.45. The van der Waals surface area contributed by atoms with Gasteiger partial charge in [0.25, 0.3) is 5.91 Å². The Morgan fingerprint density at radius 2 is 1.74 bits per heavy atom.